The zero-order valence-corrected chi connectivity index (χ0v) is 12.8. The zero-order chi connectivity index (χ0) is 16.0. The maximum atomic E-state index is 12.2. The summed E-state index contributed by atoms with van der Waals surface area (Å²) in [5, 5.41) is 11.6. The summed E-state index contributed by atoms with van der Waals surface area (Å²) in [7, 11) is 1.49. The van der Waals surface area contributed by atoms with Crippen molar-refractivity contribution < 1.29 is 19.4 Å². The second-order valence-corrected chi connectivity index (χ2v) is 5.32. The summed E-state index contributed by atoms with van der Waals surface area (Å²) < 4.78 is 5.16. The highest BCUT2D eigenvalue weighted by Gasteiger charge is 2.19. The first-order valence-electron chi connectivity index (χ1n) is 6.70. The van der Waals surface area contributed by atoms with Crippen molar-refractivity contribution in [3.8, 4) is 5.75 Å². The molecule has 0 atom stereocenters. The molecule has 1 amide bonds. The van der Waals surface area contributed by atoms with Gasteiger partial charge < -0.3 is 15.2 Å². The molecule has 0 bridgehead atoms. The number of aliphatic carboxylic acids is 1. The number of carbonyl (C=O) groups excluding carboxylic acids is 1. The van der Waals surface area contributed by atoms with Gasteiger partial charge in [0.25, 0.3) is 5.91 Å². The first-order chi connectivity index (χ1) is 9.79. The van der Waals surface area contributed by atoms with E-state index < -0.39 is 5.97 Å². The van der Waals surface area contributed by atoms with E-state index in [2.05, 4.69) is 5.32 Å². The molecular formula is C16H21NO4. The molecule has 0 aliphatic carbocycles. The second-order valence-electron chi connectivity index (χ2n) is 5.32. The van der Waals surface area contributed by atoms with Gasteiger partial charge in [-0.05, 0) is 44.5 Å². The number of amides is 1. The smallest absolute Gasteiger partial charge is 0.328 e. The van der Waals surface area contributed by atoms with Crippen LogP contribution in [0.5, 0.6) is 5.75 Å². The molecule has 21 heavy (non-hydrogen) atoms. The Hall–Kier alpha value is -2.30. The van der Waals surface area contributed by atoms with E-state index in [9.17, 15) is 9.59 Å². The molecule has 0 radical (unpaired) electrons. The summed E-state index contributed by atoms with van der Waals surface area (Å²) in [5.41, 5.74) is 0.706. The number of carboxylic acid groups (broad SMARTS) is 1. The summed E-state index contributed by atoms with van der Waals surface area (Å²) in [6.07, 6.45) is 3.22. The predicted molar refractivity (Wildman–Crippen MR) is 81.5 cm³/mol. The van der Waals surface area contributed by atoms with Gasteiger partial charge in [-0.3, -0.25) is 4.79 Å². The molecule has 1 rings (SSSR count). The van der Waals surface area contributed by atoms with Crippen LogP contribution in [0, 0.1) is 0 Å². The van der Waals surface area contributed by atoms with E-state index in [0.29, 0.717) is 16.9 Å². The number of rotatable bonds is 6. The second kappa shape index (κ2) is 6.92. The Morgan fingerprint density at radius 3 is 2.57 bits per heavy atom. The van der Waals surface area contributed by atoms with Crippen LogP contribution >= 0.6 is 0 Å². The summed E-state index contributed by atoms with van der Waals surface area (Å²) >= 11 is 0. The van der Waals surface area contributed by atoms with Gasteiger partial charge in [0, 0.05) is 22.7 Å². The van der Waals surface area contributed by atoms with Crippen LogP contribution < -0.4 is 10.1 Å². The summed E-state index contributed by atoms with van der Waals surface area (Å²) in [5.74, 6) is -0.743. The van der Waals surface area contributed by atoms with E-state index in [4.69, 9.17) is 9.84 Å². The van der Waals surface area contributed by atoms with Crippen LogP contribution in [0.15, 0.2) is 24.3 Å². The highest BCUT2D eigenvalue weighted by atomic mass is 16.5. The summed E-state index contributed by atoms with van der Waals surface area (Å²) in [6.45, 7) is 5.88. The third-order valence-electron chi connectivity index (χ3n) is 3.23. The van der Waals surface area contributed by atoms with Gasteiger partial charge >= 0.3 is 5.97 Å². The Labute approximate surface area is 124 Å². The fourth-order valence-corrected chi connectivity index (χ4v) is 1.63. The van der Waals surface area contributed by atoms with Gasteiger partial charge in [0.1, 0.15) is 5.75 Å². The number of methoxy groups -OCH3 is 1. The summed E-state index contributed by atoms with van der Waals surface area (Å²) in [4.78, 5) is 22.8. The molecule has 0 saturated heterocycles. The molecule has 0 spiro atoms. The Bertz CT molecular complexity index is 561. The minimum absolute atomic E-state index is 0.200. The highest BCUT2D eigenvalue weighted by Crippen LogP contribution is 2.22. The monoisotopic (exact) mass is 291 g/mol. The van der Waals surface area contributed by atoms with Gasteiger partial charge in [-0.2, -0.15) is 0 Å². The fraction of sp³-hybridized carbons (Fsp3) is 0.375. The zero-order valence-electron chi connectivity index (χ0n) is 12.8. The van der Waals surface area contributed by atoms with Crippen molar-refractivity contribution in [2.45, 2.75) is 32.7 Å². The first-order valence-corrected chi connectivity index (χ1v) is 6.70. The van der Waals surface area contributed by atoms with Crippen LogP contribution in [-0.4, -0.2) is 29.6 Å². The molecule has 5 nitrogen and oxygen atoms in total. The number of hydrogen-bond donors (Lipinski definition) is 2. The lowest BCUT2D eigenvalue weighted by Crippen LogP contribution is -2.42. The predicted octanol–water partition coefficient (Wildman–Crippen LogP) is 2.71. The van der Waals surface area contributed by atoms with E-state index in [1.165, 1.54) is 13.2 Å². The van der Waals surface area contributed by atoms with Crippen molar-refractivity contribution in [2.24, 2.45) is 0 Å². The van der Waals surface area contributed by atoms with Crippen LogP contribution in [0.1, 0.15) is 43.1 Å². The average Bonchev–Trinajstić information content (AvgIpc) is 2.44. The van der Waals surface area contributed by atoms with Gasteiger partial charge in [-0.25, -0.2) is 4.79 Å². The Balaban J connectivity index is 3.07. The van der Waals surface area contributed by atoms with Gasteiger partial charge in [-0.15, -0.1) is 0 Å². The average molecular weight is 291 g/mol. The van der Waals surface area contributed by atoms with Crippen molar-refractivity contribution in [2.75, 3.05) is 7.11 Å². The SMILES string of the molecule is CCC(C)(C)NC(=O)c1ccc(OC)c(C=CC(=O)O)c1. The first kappa shape index (κ1) is 16.8. The largest absolute Gasteiger partial charge is 0.496 e. The van der Waals surface area contributed by atoms with Crippen molar-refractivity contribution in [3.63, 3.8) is 0 Å². The van der Waals surface area contributed by atoms with Gasteiger partial charge in [0.15, 0.2) is 0 Å². The maximum Gasteiger partial charge on any atom is 0.328 e. The Morgan fingerprint density at radius 1 is 1.38 bits per heavy atom. The molecule has 0 saturated carbocycles. The van der Waals surface area contributed by atoms with Crippen LogP contribution in [0.25, 0.3) is 6.08 Å². The van der Waals surface area contributed by atoms with Crippen LogP contribution in [0.3, 0.4) is 0 Å². The highest BCUT2D eigenvalue weighted by molar-refractivity contribution is 5.96. The lowest BCUT2D eigenvalue weighted by atomic mass is 10.0. The number of carbonyl (C=O) groups is 2. The molecule has 2 N–H and O–H groups in total. The minimum Gasteiger partial charge on any atom is -0.496 e. The van der Waals surface area contributed by atoms with Crippen LogP contribution in [-0.2, 0) is 4.79 Å². The van der Waals surface area contributed by atoms with Gasteiger partial charge in [0.05, 0.1) is 7.11 Å². The molecule has 1 aromatic carbocycles. The van der Waals surface area contributed by atoms with E-state index in [1.54, 1.807) is 18.2 Å². The third kappa shape index (κ3) is 4.95. The lowest BCUT2D eigenvalue weighted by molar-refractivity contribution is -0.131. The molecule has 0 aromatic heterocycles. The van der Waals surface area contributed by atoms with Crippen LogP contribution in [0.2, 0.25) is 0 Å². The number of hydrogen-bond acceptors (Lipinski definition) is 3. The molecule has 0 aliphatic heterocycles. The summed E-state index contributed by atoms with van der Waals surface area (Å²) in [6, 6.07) is 4.91. The topological polar surface area (TPSA) is 75.6 Å². The van der Waals surface area contributed by atoms with Crippen molar-refractivity contribution in [3.05, 3.63) is 35.4 Å². The molecule has 114 valence electrons. The normalized spacial score (nSPS) is 11.4. The standard InChI is InChI=1S/C16H21NO4/c1-5-16(2,3)17-15(20)12-6-8-13(21-4)11(10-12)7-9-14(18)19/h6-10H,5H2,1-4H3,(H,17,20)(H,18,19). The quantitative estimate of drug-likeness (QED) is 0.790. The van der Waals surface area contributed by atoms with E-state index >= 15 is 0 Å². The lowest BCUT2D eigenvalue weighted by Gasteiger charge is -2.24. The van der Waals surface area contributed by atoms with E-state index in [-0.39, 0.29) is 11.4 Å². The number of ether oxygens (including phenoxy) is 1. The Morgan fingerprint density at radius 2 is 2.05 bits per heavy atom. The van der Waals surface area contributed by atoms with Crippen LogP contribution in [0.4, 0.5) is 0 Å². The fourth-order valence-electron chi connectivity index (χ4n) is 1.63. The van der Waals surface area contributed by atoms with Crippen molar-refractivity contribution in [1.29, 1.82) is 0 Å². The molecule has 5 heteroatoms. The molecule has 0 aliphatic rings. The number of carboxylic acids is 1. The minimum atomic E-state index is -1.06. The Kier molecular flexibility index (Phi) is 5.52. The molecule has 0 unspecified atom stereocenters. The third-order valence-corrected chi connectivity index (χ3v) is 3.23. The van der Waals surface area contributed by atoms with Gasteiger partial charge in [0.2, 0.25) is 0 Å². The molecule has 1 aromatic rings. The van der Waals surface area contributed by atoms with E-state index in [1.807, 2.05) is 20.8 Å². The number of benzene rings is 1. The molecule has 0 heterocycles. The number of nitrogens with one attached hydrogen (secondary N) is 1. The molecule has 0 fully saturated rings. The van der Waals surface area contributed by atoms with Gasteiger partial charge in [-0.1, -0.05) is 6.92 Å². The van der Waals surface area contributed by atoms with Crippen molar-refractivity contribution >= 4 is 18.0 Å². The molecular weight excluding hydrogens is 270 g/mol. The maximum absolute atomic E-state index is 12.2. The van der Waals surface area contributed by atoms with Crippen molar-refractivity contribution in [1.82, 2.24) is 5.32 Å². The van der Waals surface area contributed by atoms with E-state index in [0.717, 1.165) is 12.5 Å².